The summed E-state index contributed by atoms with van der Waals surface area (Å²) in [5.41, 5.74) is 0.976. The fourth-order valence-electron chi connectivity index (χ4n) is 2.00. The molecule has 4 nitrogen and oxygen atoms in total. The molecule has 0 saturated carbocycles. The van der Waals surface area contributed by atoms with E-state index >= 15 is 0 Å². The Bertz CT molecular complexity index is 426. The first-order valence-corrected chi connectivity index (χ1v) is 7.24. The zero-order chi connectivity index (χ0) is 15.1. The van der Waals surface area contributed by atoms with Crippen LogP contribution in [0.15, 0.2) is 12.1 Å². The molecule has 0 heterocycles. The number of halogens is 1. The van der Waals surface area contributed by atoms with Crippen LogP contribution in [0.5, 0.6) is 11.5 Å². The predicted molar refractivity (Wildman–Crippen MR) is 81.9 cm³/mol. The van der Waals surface area contributed by atoms with Crippen LogP contribution in [-0.4, -0.2) is 32.0 Å². The lowest BCUT2D eigenvalue weighted by atomic mass is 10.1. The van der Waals surface area contributed by atoms with Gasteiger partial charge in [0.25, 0.3) is 0 Å². The maximum absolute atomic E-state index is 9.55. The highest BCUT2D eigenvalue weighted by Crippen LogP contribution is 2.35. The minimum atomic E-state index is -0.254. The molecule has 2 unspecified atom stereocenters. The lowest BCUT2D eigenvalue weighted by molar-refractivity contribution is 0.158. The van der Waals surface area contributed by atoms with Crippen molar-refractivity contribution in [2.24, 2.45) is 0 Å². The summed E-state index contributed by atoms with van der Waals surface area (Å²) in [7, 11) is 3.20. The van der Waals surface area contributed by atoms with Gasteiger partial charge in [0.05, 0.1) is 25.3 Å². The summed E-state index contributed by atoms with van der Waals surface area (Å²) in [6.45, 7) is 4.75. The van der Waals surface area contributed by atoms with Crippen LogP contribution in [0.4, 0.5) is 0 Å². The molecule has 1 aromatic carbocycles. The Morgan fingerprint density at radius 2 is 1.90 bits per heavy atom. The van der Waals surface area contributed by atoms with Crippen LogP contribution in [0.3, 0.4) is 0 Å². The Kier molecular flexibility index (Phi) is 7.13. The molecule has 0 bridgehead atoms. The molecule has 0 spiro atoms. The number of hydrogen-bond donors (Lipinski definition) is 2. The number of rotatable bonds is 8. The third-order valence-electron chi connectivity index (χ3n) is 3.37. The fourth-order valence-corrected chi connectivity index (χ4v) is 2.25. The molecule has 1 aromatic rings. The van der Waals surface area contributed by atoms with Gasteiger partial charge in [0.15, 0.2) is 0 Å². The molecule has 0 aromatic heterocycles. The van der Waals surface area contributed by atoms with Crippen molar-refractivity contribution in [2.75, 3.05) is 20.8 Å². The lowest BCUT2D eigenvalue weighted by Crippen LogP contribution is -2.23. The van der Waals surface area contributed by atoms with E-state index in [1.165, 1.54) is 0 Å². The molecular weight excluding hydrogens is 278 g/mol. The van der Waals surface area contributed by atoms with Crippen LogP contribution in [0.2, 0.25) is 5.02 Å². The van der Waals surface area contributed by atoms with E-state index in [9.17, 15) is 5.11 Å². The summed E-state index contributed by atoms with van der Waals surface area (Å²) in [6.07, 6.45) is 1.25. The average molecular weight is 302 g/mol. The Balaban J connectivity index is 2.76. The van der Waals surface area contributed by atoms with Crippen molar-refractivity contribution >= 4 is 11.6 Å². The highest BCUT2D eigenvalue weighted by molar-refractivity contribution is 6.32. The highest BCUT2D eigenvalue weighted by Gasteiger charge is 2.15. The third-order valence-corrected chi connectivity index (χ3v) is 3.67. The first-order valence-electron chi connectivity index (χ1n) is 6.86. The van der Waals surface area contributed by atoms with E-state index < -0.39 is 0 Å². The summed E-state index contributed by atoms with van der Waals surface area (Å²) in [5, 5.41) is 13.5. The zero-order valence-electron chi connectivity index (χ0n) is 12.6. The zero-order valence-corrected chi connectivity index (χ0v) is 13.3. The van der Waals surface area contributed by atoms with Crippen molar-refractivity contribution in [1.82, 2.24) is 5.32 Å². The van der Waals surface area contributed by atoms with E-state index in [-0.39, 0.29) is 12.1 Å². The number of methoxy groups -OCH3 is 2. The Labute approximate surface area is 126 Å². The summed E-state index contributed by atoms with van der Waals surface area (Å²) < 4.78 is 10.6. The van der Waals surface area contributed by atoms with Crippen molar-refractivity contribution < 1.29 is 14.6 Å². The molecule has 0 amide bonds. The number of benzene rings is 1. The minimum Gasteiger partial charge on any atom is -0.496 e. The summed E-state index contributed by atoms with van der Waals surface area (Å²) in [4.78, 5) is 0. The van der Waals surface area contributed by atoms with Gasteiger partial charge in [0.1, 0.15) is 11.5 Å². The van der Waals surface area contributed by atoms with Gasteiger partial charge in [0.2, 0.25) is 0 Å². The molecule has 0 radical (unpaired) electrons. The standard InChI is InChI=1S/C15H24ClNO3/c1-5-11(18)6-7-17-10(2)12-8-13(16)15(20-4)9-14(12)19-3/h8-11,17-18H,5-7H2,1-4H3. The van der Waals surface area contributed by atoms with Gasteiger partial charge >= 0.3 is 0 Å². The Hall–Kier alpha value is -0.970. The quantitative estimate of drug-likeness (QED) is 0.774. The minimum absolute atomic E-state index is 0.0809. The molecule has 5 heteroatoms. The second-order valence-corrected chi connectivity index (χ2v) is 5.16. The van der Waals surface area contributed by atoms with Crippen LogP contribution in [0, 0.1) is 0 Å². The summed E-state index contributed by atoms with van der Waals surface area (Å²) in [6, 6.07) is 3.72. The summed E-state index contributed by atoms with van der Waals surface area (Å²) in [5.74, 6) is 1.34. The van der Waals surface area contributed by atoms with Gasteiger partial charge in [0, 0.05) is 17.7 Å². The van der Waals surface area contributed by atoms with Crippen LogP contribution in [0.25, 0.3) is 0 Å². The number of ether oxygens (including phenoxy) is 2. The van der Waals surface area contributed by atoms with E-state index in [0.717, 1.165) is 30.7 Å². The maximum Gasteiger partial charge on any atom is 0.141 e. The molecule has 0 aliphatic carbocycles. The smallest absolute Gasteiger partial charge is 0.141 e. The normalized spacial score (nSPS) is 13.9. The van der Waals surface area contributed by atoms with Crippen LogP contribution >= 0.6 is 11.6 Å². The Morgan fingerprint density at radius 1 is 1.25 bits per heavy atom. The van der Waals surface area contributed by atoms with Crippen molar-refractivity contribution in [1.29, 1.82) is 0 Å². The van der Waals surface area contributed by atoms with Crippen LogP contribution < -0.4 is 14.8 Å². The topological polar surface area (TPSA) is 50.7 Å². The lowest BCUT2D eigenvalue weighted by Gasteiger charge is -2.19. The van der Waals surface area contributed by atoms with E-state index in [0.29, 0.717) is 10.8 Å². The largest absolute Gasteiger partial charge is 0.496 e. The second-order valence-electron chi connectivity index (χ2n) is 4.76. The van der Waals surface area contributed by atoms with Gasteiger partial charge in [-0.2, -0.15) is 0 Å². The van der Waals surface area contributed by atoms with Crippen molar-refractivity contribution in [3.8, 4) is 11.5 Å². The first kappa shape index (κ1) is 17.1. The van der Waals surface area contributed by atoms with Crippen LogP contribution in [0.1, 0.15) is 38.3 Å². The number of nitrogens with one attached hydrogen (secondary N) is 1. The molecule has 0 saturated heterocycles. The molecular formula is C15H24ClNO3. The average Bonchev–Trinajstić information content (AvgIpc) is 2.46. The molecule has 0 aliphatic heterocycles. The van der Waals surface area contributed by atoms with Crippen molar-refractivity contribution in [2.45, 2.75) is 38.8 Å². The van der Waals surface area contributed by atoms with Gasteiger partial charge in [-0.05, 0) is 32.4 Å². The number of hydrogen-bond acceptors (Lipinski definition) is 4. The first-order chi connectivity index (χ1) is 9.53. The third kappa shape index (κ3) is 4.54. The maximum atomic E-state index is 9.55. The van der Waals surface area contributed by atoms with Gasteiger partial charge in [-0.3, -0.25) is 0 Å². The van der Waals surface area contributed by atoms with E-state index in [4.69, 9.17) is 21.1 Å². The number of aliphatic hydroxyl groups is 1. The Morgan fingerprint density at radius 3 is 2.45 bits per heavy atom. The second kappa shape index (κ2) is 8.35. The number of aliphatic hydroxyl groups excluding tert-OH is 1. The van der Waals surface area contributed by atoms with Gasteiger partial charge < -0.3 is 19.9 Å². The molecule has 0 aliphatic rings. The van der Waals surface area contributed by atoms with Crippen molar-refractivity contribution in [3.63, 3.8) is 0 Å². The van der Waals surface area contributed by atoms with E-state index in [2.05, 4.69) is 5.32 Å². The van der Waals surface area contributed by atoms with Gasteiger partial charge in [-0.1, -0.05) is 18.5 Å². The predicted octanol–water partition coefficient (Wildman–Crippen LogP) is 3.17. The van der Waals surface area contributed by atoms with E-state index in [1.54, 1.807) is 20.3 Å². The van der Waals surface area contributed by atoms with Crippen molar-refractivity contribution in [3.05, 3.63) is 22.7 Å². The molecule has 1 rings (SSSR count). The molecule has 0 fully saturated rings. The fraction of sp³-hybridized carbons (Fsp3) is 0.600. The van der Waals surface area contributed by atoms with Gasteiger partial charge in [-0.15, -0.1) is 0 Å². The molecule has 2 atom stereocenters. The van der Waals surface area contributed by atoms with Gasteiger partial charge in [-0.25, -0.2) is 0 Å². The molecule has 2 N–H and O–H groups in total. The monoisotopic (exact) mass is 301 g/mol. The molecule has 114 valence electrons. The van der Waals surface area contributed by atoms with Crippen LogP contribution in [-0.2, 0) is 0 Å². The van der Waals surface area contributed by atoms with E-state index in [1.807, 2.05) is 19.9 Å². The highest BCUT2D eigenvalue weighted by atomic mass is 35.5. The SMILES string of the molecule is CCC(O)CCNC(C)c1cc(Cl)c(OC)cc1OC. The molecule has 20 heavy (non-hydrogen) atoms. The summed E-state index contributed by atoms with van der Waals surface area (Å²) >= 11 is 6.16.